The molecule has 0 bridgehead atoms. The van der Waals surface area contributed by atoms with E-state index in [1.54, 1.807) is 19.2 Å². The number of terminal acetylenes is 1. The maximum Gasteiger partial charge on any atom is 0.142 e. The molecule has 1 unspecified atom stereocenters. The van der Waals surface area contributed by atoms with Gasteiger partial charge >= 0.3 is 0 Å². The van der Waals surface area contributed by atoms with Gasteiger partial charge in [-0.2, -0.15) is 0 Å². The molecular weight excluding hydrogens is 210 g/mol. The summed E-state index contributed by atoms with van der Waals surface area (Å²) >= 11 is 5.90. The van der Waals surface area contributed by atoms with Gasteiger partial charge in [-0.3, -0.25) is 0 Å². The lowest BCUT2D eigenvalue weighted by molar-refractivity contribution is 0.416. The number of hydrogen-bond donors (Lipinski definition) is 1. The van der Waals surface area contributed by atoms with Crippen LogP contribution >= 0.6 is 11.6 Å². The van der Waals surface area contributed by atoms with E-state index in [9.17, 15) is 0 Å². The average molecular weight is 224 g/mol. The molecule has 2 nitrogen and oxygen atoms in total. The van der Waals surface area contributed by atoms with Gasteiger partial charge in [-0.15, -0.1) is 6.42 Å². The fraction of sp³-hybridized carbons (Fsp3) is 0.333. The standard InChI is InChI=1S/C12H14ClNO/c1-4-10(5-2)14-11-8-9(13)6-7-12(11)15-3/h1,6-8,10,14H,5H2,2-3H3. The Kier molecular flexibility index (Phi) is 4.33. The largest absolute Gasteiger partial charge is 0.495 e. The van der Waals surface area contributed by atoms with Gasteiger partial charge in [0.2, 0.25) is 0 Å². The van der Waals surface area contributed by atoms with E-state index >= 15 is 0 Å². The zero-order chi connectivity index (χ0) is 11.3. The van der Waals surface area contributed by atoms with Gasteiger partial charge in [-0.1, -0.05) is 24.4 Å². The van der Waals surface area contributed by atoms with Crippen LogP contribution in [0.4, 0.5) is 5.69 Å². The average Bonchev–Trinajstić information content (AvgIpc) is 2.26. The molecule has 0 fully saturated rings. The maximum atomic E-state index is 5.90. The molecule has 15 heavy (non-hydrogen) atoms. The topological polar surface area (TPSA) is 21.3 Å². The molecule has 1 N–H and O–H groups in total. The van der Waals surface area contributed by atoms with Gasteiger partial charge in [0, 0.05) is 5.02 Å². The number of anilines is 1. The van der Waals surface area contributed by atoms with E-state index in [0.717, 1.165) is 17.9 Å². The summed E-state index contributed by atoms with van der Waals surface area (Å²) in [5.74, 6) is 3.40. The Bertz CT molecular complexity index is 370. The molecule has 0 spiro atoms. The van der Waals surface area contributed by atoms with Crippen molar-refractivity contribution in [2.45, 2.75) is 19.4 Å². The number of hydrogen-bond acceptors (Lipinski definition) is 2. The Labute approximate surface area is 95.6 Å². The van der Waals surface area contributed by atoms with E-state index in [1.165, 1.54) is 0 Å². The lowest BCUT2D eigenvalue weighted by Crippen LogP contribution is -2.16. The van der Waals surface area contributed by atoms with Gasteiger partial charge in [0.15, 0.2) is 0 Å². The molecule has 80 valence electrons. The van der Waals surface area contributed by atoms with Crippen LogP contribution in [0.1, 0.15) is 13.3 Å². The van der Waals surface area contributed by atoms with Crippen molar-refractivity contribution in [1.82, 2.24) is 0 Å². The second-order valence-corrected chi connectivity index (χ2v) is 3.55. The molecule has 1 aromatic carbocycles. The summed E-state index contributed by atoms with van der Waals surface area (Å²) in [5, 5.41) is 3.85. The van der Waals surface area contributed by atoms with E-state index in [4.69, 9.17) is 22.8 Å². The van der Waals surface area contributed by atoms with E-state index < -0.39 is 0 Å². The number of halogens is 1. The van der Waals surface area contributed by atoms with E-state index in [0.29, 0.717) is 5.02 Å². The zero-order valence-electron chi connectivity index (χ0n) is 8.88. The SMILES string of the molecule is C#CC(CC)Nc1cc(Cl)ccc1OC. The van der Waals surface area contributed by atoms with Crippen molar-refractivity contribution in [2.75, 3.05) is 12.4 Å². The molecule has 0 saturated heterocycles. The third-order valence-corrected chi connectivity index (χ3v) is 2.34. The summed E-state index contributed by atoms with van der Waals surface area (Å²) in [6.07, 6.45) is 6.23. The molecule has 0 heterocycles. The van der Waals surface area contributed by atoms with Crippen molar-refractivity contribution in [3.8, 4) is 18.1 Å². The zero-order valence-corrected chi connectivity index (χ0v) is 9.64. The van der Waals surface area contributed by atoms with Crippen LogP contribution in [-0.4, -0.2) is 13.2 Å². The Hall–Kier alpha value is -1.33. The van der Waals surface area contributed by atoms with Crippen molar-refractivity contribution >= 4 is 17.3 Å². The third kappa shape index (κ3) is 3.07. The fourth-order valence-electron chi connectivity index (χ4n) is 1.24. The number of methoxy groups -OCH3 is 1. The maximum absolute atomic E-state index is 5.90. The third-order valence-electron chi connectivity index (χ3n) is 2.10. The molecule has 1 atom stereocenters. The highest BCUT2D eigenvalue weighted by atomic mass is 35.5. The molecule has 0 aliphatic heterocycles. The first-order chi connectivity index (χ1) is 7.21. The predicted octanol–water partition coefficient (Wildman–Crippen LogP) is 3.17. The van der Waals surface area contributed by atoms with Crippen molar-refractivity contribution in [3.05, 3.63) is 23.2 Å². The van der Waals surface area contributed by atoms with E-state index in [2.05, 4.69) is 11.2 Å². The lowest BCUT2D eigenvalue weighted by Gasteiger charge is -2.15. The Morgan fingerprint density at radius 2 is 2.33 bits per heavy atom. The van der Waals surface area contributed by atoms with Crippen molar-refractivity contribution in [2.24, 2.45) is 0 Å². The summed E-state index contributed by atoms with van der Waals surface area (Å²) in [5.41, 5.74) is 0.829. The molecule has 0 radical (unpaired) electrons. The number of ether oxygens (including phenoxy) is 1. The summed E-state index contributed by atoms with van der Waals surface area (Å²) in [4.78, 5) is 0. The normalized spacial score (nSPS) is 11.6. The molecule has 0 aliphatic rings. The van der Waals surface area contributed by atoms with Gasteiger partial charge in [-0.05, 0) is 24.6 Å². The summed E-state index contributed by atoms with van der Waals surface area (Å²) in [6, 6.07) is 5.40. The minimum Gasteiger partial charge on any atom is -0.495 e. The van der Waals surface area contributed by atoms with Crippen LogP contribution in [0.3, 0.4) is 0 Å². The number of benzene rings is 1. The minimum atomic E-state index is -0.00244. The minimum absolute atomic E-state index is 0.00244. The van der Waals surface area contributed by atoms with Crippen LogP contribution in [0, 0.1) is 12.3 Å². The monoisotopic (exact) mass is 223 g/mol. The number of nitrogens with one attached hydrogen (secondary N) is 1. The van der Waals surface area contributed by atoms with Crippen molar-refractivity contribution < 1.29 is 4.74 Å². The second kappa shape index (κ2) is 5.53. The van der Waals surface area contributed by atoms with Crippen LogP contribution in [0.15, 0.2) is 18.2 Å². The predicted molar refractivity (Wildman–Crippen MR) is 64.5 cm³/mol. The highest BCUT2D eigenvalue weighted by Crippen LogP contribution is 2.28. The van der Waals surface area contributed by atoms with Gasteiger partial charge in [-0.25, -0.2) is 0 Å². The first-order valence-electron chi connectivity index (χ1n) is 4.77. The van der Waals surface area contributed by atoms with Gasteiger partial charge in [0.05, 0.1) is 18.8 Å². The van der Waals surface area contributed by atoms with Crippen LogP contribution in [0.25, 0.3) is 0 Å². The molecular formula is C12H14ClNO. The van der Waals surface area contributed by atoms with Gasteiger partial charge < -0.3 is 10.1 Å². The van der Waals surface area contributed by atoms with Crippen molar-refractivity contribution in [1.29, 1.82) is 0 Å². The van der Waals surface area contributed by atoms with E-state index in [1.807, 2.05) is 13.0 Å². The molecule has 0 aromatic heterocycles. The lowest BCUT2D eigenvalue weighted by atomic mass is 10.2. The Morgan fingerprint density at radius 1 is 1.60 bits per heavy atom. The molecule has 3 heteroatoms. The molecule has 1 rings (SSSR count). The Balaban J connectivity index is 2.92. The van der Waals surface area contributed by atoms with Crippen molar-refractivity contribution in [3.63, 3.8) is 0 Å². The van der Waals surface area contributed by atoms with Crippen LogP contribution in [0.5, 0.6) is 5.75 Å². The molecule has 0 aliphatic carbocycles. The van der Waals surface area contributed by atoms with Gasteiger partial charge in [0.25, 0.3) is 0 Å². The summed E-state index contributed by atoms with van der Waals surface area (Å²) in [6.45, 7) is 2.02. The highest BCUT2D eigenvalue weighted by Gasteiger charge is 2.07. The van der Waals surface area contributed by atoms with Crippen LogP contribution in [-0.2, 0) is 0 Å². The van der Waals surface area contributed by atoms with E-state index in [-0.39, 0.29) is 6.04 Å². The molecule has 0 amide bonds. The number of rotatable bonds is 4. The fourth-order valence-corrected chi connectivity index (χ4v) is 1.41. The summed E-state index contributed by atoms with van der Waals surface area (Å²) < 4.78 is 5.20. The van der Waals surface area contributed by atoms with Gasteiger partial charge in [0.1, 0.15) is 5.75 Å². The molecule has 1 aromatic rings. The summed E-state index contributed by atoms with van der Waals surface area (Å²) in [7, 11) is 1.62. The quantitative estimate of drug-likeness (QED) is 0.792. The smallest absolute Gasteiger partial charge is 0.142 e. The first kappa shape index (κ1) is 11.7. The second-order valence-electron chi connectivity index (χ2n) is 3.12. The molecule has 0 saturated carbocycles. The highest BCUT2D eigenvalue weighted by molar-refractivity contribution is 6.30. The Morgan fingerprint density at radius 3 is 2.87 bits per heavy atom. The van der Waals surface area contributed by atoms with Crippen LogP contribution in [0.2, 0.25) is 5.02 Å². The van der Waals surface area contributed by atoms with Crippen LogP contribution < -0.4 is 10.1 Å². The first-order valence-corrected chi connectivity index (χ1v) is 5.15.